The summed E-state index contributed by atoms with van der Waals surface area (Å²) in [7, 11) is 1.11. The molecule has 9 nitrogen and oxygen atoms in total. The molecule has 0 spiro atoms. The normalized spacial score (nSPS) is 11.4. The van der Waals surface area contributed by atoms with Crippen LogP contribution in [0.2, 0.25) is 0 Å². The SMILES string of the molecule is CCOC(=O)c1sc(NC(=O)c2cc3nc(-c4ccc(F)cc4)cc(C(F)(F)F)n3n2)c(C(=O)OC)c1C. The quantitative estimate of drug-likeness (QED) is 0.261. The number of amides is 1. The molecule has 0 unspecified atom stereocenters. The van der Waals surface area contributed by atoms with Gasteiger partial charge in [0.1, 0.15) is 15.7 Å². The summed E-state index contributed by atoms with van der Waals surface area (Å²) in [6.07, 6.45) is -4.87. The third-order valence-electron chi connectivity index (χ3n) is 5.31. The monoisotopic (exact) mass is 550 g/mol. The zero-order valence-corrected chi connectivity index (χ0v) is 20.8. The predicted molar refractivity (Wildman–Crippen MR) is 128 cm³/mol. The number of rotatable bonds is 6. The number of benzene rings is 1. The fraction of sp³-hybridized carbons (Fsp3) is 0.208. The van der Waals surface area contributed by atoms with E-state index in [4.69, 9.17) is 9.47 Å². The molecule has 0 saturated carbocycles. The van der Waals surface area contributed by atoms with E-state index >= 15 is 0 Å². The Hall–Kier alpha value is -4.33. The zero-order valence-electron chi connectivity index (χ0n) is 20.0. The van der Waals surface area contributed by atoms with E-state index < -0.39 is 41.2 Å². The summed E-state index contributed by atoms with van der Waals surface area (Å²) in [5.74, 6) is -3.10. The molecule has 1 amide bonds. The molecule has 38 heavy (non-hydrogen) atoms. The Morgan fingerprint density at radius 1 is 1.11 bits per heavy atom. The van der Waals surface area contributed by atoms with Gasteiger partial charge >= 0.3 is 18.1 Å². The van der Waals surface area contributed by atoms with Crippen LogP contribution < -0.4 is 5.32 Å². The molecule has 0 aliphatic rings. The Kier molecular flexibility index (Phi) is 7.18. The molecule has 198 valence electrons. The molecule has 0 bridgehead atoms. The number of fused-ring (bicyclic) bond motifs is 1. The van der Waals surface area contributed by atoms with Gasteiger partial charge in [-0.05, 0) is 49.7 Å². The highest BCUT2D eigenvalue weighted by molar-refractivity contribution is 7.18. The lowest BCUT2D eigenvalue weighted by Gasteiger charge is -2.11. The summed E-state index contributed by atoms with van der Waals surface area (Å²) in [5, 5.41) is 6.11. The van der Waals surface area contributed by atoms with Crippen molar-refractivity contribution in [1.82, 2.24) is 14.6 Å². The summed E-state index contributed by atoms with van der Waals surface area (Å²) in [6, 6.07) is 6.47. The van der Waals surface area contributed by atoms with Crippen LogP contribution in [0, 0.1) is 12.7 Å². The van der Waals surface area contributed by atoms with Gasteiger partial charge in [-0.1, -0.05) is 0 Å². The highest BCUT2D eigenvalue weighted by atomic mass is 32.1. The minimum absolute atomic E-state index is 0.0440. The molecule has 0 radical (unpaired) electrons. The molecule has 1 N–H and O–H groups in total. The number of hydrogen-bond acceptors (Lipinski definition) is 8. The Morgan fingerprint density at radius 2 is 1.79 bits per heavy atom. The number of anilines is 1. The number of alkyl halides is 3. The highest BCUT2D eigenvalue weighted by Gasteiger charge is 2.36. The van der Waals surface area contributed by atoms with Crippen LogP contribution in [0.25, 0.3) is 16.9 Å². The number of nitrogens with zero attached hydrogens (tertiary/aromatic N) is 3. The molecule has 3 aromatic heterocycles. The summed E-state index contributed by atoms with van der Waals surface area (Å²) >= 11 is 0.748. The maximum absolute atomic E-state index is 13.9. The standard InChI is InChI=1S/C24H18F4N4O5S/c1-4-37-23(35)19-11(2)18(22(34)36-3)21(38-19)30-20(33)15-10-17-29-14(12-5-7-13(25)8-6-12)9-16(24(26,27)28)32(17)31-15/h5-10H,4H2,1-3H3,(H,30,33). The average Bonchev–Trinajstić information content (AvgIpc) is 3.44. The number of carbonyl (C=O) groups excluding carboxylic acids is 3. The van der Waals surface area contributed by atoms with Crippen LogP contribution in [0.15, 0.2) is 36.4 Å². The van der Waals surface area contributed by atoms with Gasteiger partial charge in [-0.25, -0.2) is 23.5 Å². The van der Waals surface area contributed by atoms with Crippen molar-refractivity contribution in [3.63, 3.8) is 0 Å². The van der Waals surface area contributed by atoms with Gasteiger partial charge in [0.2, 0.25) is 0 Å². The molecular formula is C24H18F4N4O5S. The van der Waals surface area contributed by atoms with E-state index in [0.717, 1.165) is 42.7 Å². The maximum Gasteiger partial charge on any atom is 0.433 e. The van der Waals surface area contributed by atoms with Gasteiger partial charge in [0, 0.05) is 11.6 Å². The number of methoxy groups -OCH3 is 1. The van der Waals surface area contributed by atoms with Gasteiger partial charge < -0.3 is 14.8 Å². The Labute approximate surface area is 216 Å². The van der Waals surface area contributed by atoms with Crippen LogP contribution in [0.4, 0.5) is 22.6 Å². The number of aromatic nitrogens is 3. The van der Waals surface area contributed by atoms with Gasteiger partial charge in [0.25, 0.3) is 5.91 Å². The molecular weight excluding hydrogens is 532 g/mol. The van der Waals surface area contributed by atoms with Crippen LogP contribution in [-0.2, 0) is 15.7 Å². The maximum atomic E-state index is 13.9. The van der Waals surface area contributed by atoms with Crippen molar-refractivity contribution in [2.75, 3.05) is 19.0 Å². The first-order valence-corrected chi connectivity index (χ1v) is 11.7. The van der Waals surface area contributed by atoms with E-state index in [-0.39, 0.29) is 44.5 Å². The van der Waals surface area contributed by atoms with E-state index in [1.54, 1.807) is 6.92 Å². The largest absolute Gasteiger partial charge is 0.465 e. The van der Waals surface area contributed by atoms with E-state index in [2.05, 4.69) is 15.4 Å². The highest BCUT2D eigenvalue weighted by Crippen LogP contribution is 2.35. The predicted octanol–water partition coefficient (Wildman–Crippen LogP) is 5.14. The molecule has 0 fully saturated rings. The number of hydrogen-bond donors (Lipinski definition) is 1. The van der Waals surface area contributed by atoms with Crippen molar-refractivity contribution < 1.29 is 41.4 Å². The molecule has 0 aliphatic heterocycles. The molecule has 0 aliphatic carbocycles. The molecule has 14 heteroatoms. The molecule has 3 heterocycles. The number of ether oxygens (including phenoxy) is 2. The van der Waals surface area contributed by atoms with Crippen molar-refractivity contribution in [2.45, 2.75) is 20.0 Å². The van der Waals surface area contributed by atoms with E-state index in [9.17, 15) is 31.9 Å². The van der Waals surface area contributed by atoms with Crippen LogP contribution in [-0.4, -0.2) is 46.2 Å². The first-order chi connectivity index (χ1) is 17.9. The minimum atomic E-state index is -4.87. The van der Waals surface area contributed by atoms with Crippen molar-refractivity contribution in [3.05, 3.63) is 69.6 Å². The minimum Gasteiger partial charge on any atom is -0.465 e. The Balaban J connectivity index is 1.77. The van der Waals surface area contributed by atoms with Gasteiger partial charge in [0.15, 0.2) is 17.0 Å². The van der Waals surface area contributed by atoms with Crippen molar-refractivity contribution >= 4 is 39.8 Å². The Bertz CT molecular complexity index is 1560. The number of carbonyl (C=O) groups is 3. The fourth-order valence-corrected chi connectivity index (χ4v) is 4.65. The van der Waals surface area contributed by atoms with Crippen LogP contribution in [0.5, 0.6) is 0 Å². The van der Waals surface area contributed by atoms with Crippen LogP contribution in [0.3, 0.4) is 0 Å². The number of thiophene rings is 1. The number of esters is 2. The lowest BCUT2D eigenvalue weighted by molar-refractivity contribution is -0.142. The topological polar surface area (TPSA) is 112 Å². The first-order valence-electron chi connectivity index (χ1n) is 10.9. The smallest absolute Gasteiger partial charge is 0.433 e. The lowest BCUT2D eigenvalue weighted by atomic mass is 10.1. The van der Waals surface area contributed by atoms with Gasteiger partial charge in [0.05, 0.1) is 25.0 Å². The summed E-state index contributed by atoms with van der Waals surface area (Å²) < 4.78 is 65.1. The van der Waals surface area contributed by atoms with Gasteiger partial charge in [-0.3, -0.25) is 4.79 Å². The Morgan fingerprint density at radius 3 is 2.39 bits per heavy atom. The van der Waals surface area contributed by atoms with Crippen molar-refractivity contribution in [1.29, 1.82) is 0 Å². The van der Waals surface area contributed by atoms with Crippen LogP contribution >= 0.6 is 11.3 Å². The average molecular weight is 550 g/mol. The second-order valence-corrected chi connectivity index (χ2v) is 8.78. The van der Waals surface area contributed by atoms with E-state index in [1.807, 2.05) is 0 Å². The van der Waals surface area contributed by atoms with Crippen LogP contribution in [0.1, 0.15) is 48.7 Å². The lowest BCUT2D eigenvalue weighted by Crippen LogP contribution is -2.16. The molecule has 0 saturated heterocycles. The fourth-order valence-electron chi connectivity index (χ4n) is 3.56. The number of halogens is 4. The first kappa shape index (κ1) is 26.7. The van der Waals surface area contributed by atoms with Gasteiger partial charge in [-0.2, -0.15) is 18.3 Å². The van der Waals surface area contributed by atoms with Crippen molar-refractivity contribution in [2.24, 2.45) is 0 Å². The summed E-state index contributed by atoms with van der Waals surface area (Å²) in [5.41, 5.74) is -1.76. The molecule has 4 rings (SSSR count). The molecule has 4 aromatic rings. The van der Waals surface area contributed by atoms with E-state index in [0.29, 0.717) is 4.52 Å². The summed E-state index contributed by atoms with van der Waals surface area (Å²) in [4.78, 5) is 41.9. The second kappa shape index (κ2) is 10.2. The molecule has 1 aromatic carbocycles. The second-order valence-electron chi connectivity index (χ2n) is 7.76. The third kappa shape index (κ3) is 5.07. The van der Waals surface area contributed by atoms with E-state index in [1.165, 1.54) is 19.1 Å². The zero-order chi connectivity index (χ0) is 27.8. The van der Waals surface area contributed by atoms with Gasteiger partial charge in [-0.15, -0.1) is 11.3 Å². The van der Waals surface area contributed by atoms with Crippen molar-refractivity contribution in [3.8, 4) is 11.3 Å². The third-order valence-corrected chi connectivity index (χ3v) is 6.50. The number of nitrogens with one attached hydrogen (secondary N) is 1. The summed E-state index contributed by atoms with van der Waals surface area (Å²) in [6.45, 7) is 3.13. The molecule has 0 atom stereocenters.